The Morgan fingerprint density at radius 1 is 1.21 bits per heavy atom. The van der Waals surface area contributed by atoms with Crippen molar-refractivity contribution in [3.05, 3.63) is 24.4 Å². The van der Waals surface area contributed by atoms with Crippen LogP contribution in [0.25, 0.3) is 0 Å². The molecule has 0 unspecified atom stereocenters. The lowest BCUT2D eigenvalue weighted by Gasteiger charge is -2.35. The van der Waals surface area contributed by atoms with E-state index < -0.39 is 12.6 Å². The lowest BCUT2D eigenvalue weighted by molar-refractivity contribution is -0.132. The van der Waals surface area contributed by atoms with Gasteiger partial charge in [0.2, 0.25) is 5.91 Å². The average molecular weight is 528 g/mol. The molecule has 164 valence electrons. The van der Waals surface area contributed by atoms with Crippen molar-refractivity contribution in [3.8, 4) is 0 Å². The van der Waals surface area contributed by atoms with Crippen molar-refractivity contribution in [1.82, 2.24) is 20.5 Å². The summed E-state index contributed by atoms with van der Waals surface area (Å²) in [7, 11) is 0. The van der Waals surface area contributed by atoms with E-state index in [1.165, 1.54) is 0 Å². The number of nitrogens with zero attached hydrogens (tertiary/aromatic N) is 4. The molecule has 1 fully saturated rings. The molecule has 0 atom stereocenters. The van der Waals surface area contributed by atoms with E-state index in [2.05, 4.69) is 25.5 Å². The Hall–Kier alpha value is -1.79. The van der Waals surface area contributed by atoms with E-state index in [0.717, 1.165) is 18.9 Å². The van der Waals surface area contributed by atoms with Crippen LogP contribution in [-0.2, 0) is 4.79 Å². The van der Waals surface area contributed by atoms with Gasteiger partial charge in [-0.15, -0.1) is 24.0 Å². The molecule has 1 saturated heterocycles. The number of aromatic nitrogens is 1. The van der Waals surface area contributed by atoms with Crippen LogP contribution in [0.5, 0.6) is 0 Å². The van der Waals surface area contributed by atoms with Gasteiger partial charge in [0, 0.05) is 51.9 Å². The van der Waals surface area contributed by atoms with Crippen molar-refractivity contribution in [2.24, 2.45) is 4.99 Å². The molecule has 2 heterocycles. The van der Waals surface area contributed by atoms with Gasteiger partial charge in [-0.2, -0.15) is 13.2 Å². The monoisotopic (exact) mass is 528 g/mol. The summed E-state index contributed by atoms with van der Waals surface area (Å²) in [6, 6.07) is 5.75. The van der Waals surface area contributed by atoms with Crippen molar-refractivity contribution in [2.45, 2.75) is 25.9 Å². The van der Waals surface area contributed by atoms with Crippen molar-refractivity contribution in [1.29, 1.82) is 0 Å². The molecule has 1 amide bonds. The smallest absolute Gasteiger partial charge is 0.357 e. The van der Waals surface area contributed by atoms with Gasteiger partial charge in [-0.25, -0.2) is 4.98 Å². The molecule has 0 bridgehead atoms. The van der Waals surface area contributed by atoms with Crippen LogP contribution in [0.4, 0.5) is 19.0 Å². The van der Waals surface area contributed by atoms with Gasteiger partial charge in [-0.05, 0) is 19.1 Å². The van der Waals surface area contributed by atoms with Crippen LogP contribution in [0, 0.1) is 0 Å². The minimum absolute atomic E-state index is 0. The fraction of sp³-hybridized carbons (Fsp3) is 0.611. The standard InChI is InChI=1S/C18H27F3N6O.HI/c1-2-22-17(25-10-7-18(19,20)21)24-9-6-16(28)27-13-11-26(12-14-27)15-5-3-4-8-23-15;/h3-5,8H,2,6-7,9-14H2,1H3,(H2,22,24,25);1H. The Balaban J connectivity index is 0.00000420. The van der Waals surface area contributed by atoms with E-state index in [1.807, 2.05) is 25.1 Å². The number of rotatable bonds is 7. The lowest BCUT2D eigenvalue weighted by atomic mass is 10.2. The van der Waals surface area contributed by atoms with Gasteiger partial charge >= 0.3 is 6.18 Å². The predicted octanol–water partition coefficient (Wildman–Crippen LogP) is 2.25. The highest BCUT2D eigenvalue weighted by Crippen LogP contribution is 2.18. The van der Waals surface area contributed by atoms with E-state index in [9.17, 15) is 18.0 Å². The van der Waals surface area contributed by atoms with E-state index in [0.29, 0.717) is 32.1 Å². The first-order chi connectivity index (χ1) is 13.4. The summed E-state index contributed by atoms with van der Waals surface area (Å²) in [6.07, 6.45) is -3.19. The normalized spacial score (nSPS) is 15.0. The number of guanidine groups is 1. The second-order valence-electron chi connectivity index (χ2n) is 6.36. The highest BCUT2D eigenvalue weighted by atomic mass is 127. The number of carbonyl (C=O) groups is 1. The Morgan fingerprint density at radius 3 is 2.52 bits per heavy atom. The number of pyridine rings is 1. The first-order valence-electron chi connectivity index (χ1n) is 9.41. The molecule has 7 nitrogen and oxygen atoms in total. The summed E-state index contributed by atoms with van der Waals surface area (Å²) in [6.45, 7) is 5.01. The summed E-state index contributed by atoms with van der Waals surface area (Å²) in [5, 5.41) is 5.79. The number of aliphatic imine (C=N–C) groups is 1. The number of nitrogens with one attached hydrogen (secondary N) is 2. The Kier molecular flexibility index (Phi) is 11.1. The summed E-state index contributed by atoms with van der Waals surface area (Å²) in [5.41, 5.74) is 0. The van der Waals surface area contributed by atoms with Crippen molar-refractivity contribution >= 4 is 41.7 Å². The summed E-state index contributed by atoms with van der Waals surface area (Å²) in [5.74, 6) is 1.21. The van der Waals surface area contributed by atoms with Crippen LogP contribution in [0.2, 0.25) is 0 Å². The van der Waals surface area contributed by atoms with Gasteiger partial charge in [0.05, 0.1) is 13.0 Å². The zero-order valence-electron chi connectivity index (χ0n) is 16.4. The number of carbonyl (C=O) groups excluding carboxylic acids is 1. The van der Waals surface area contributed by atoms with E-state index in [-0.39, 0.29) is 42.8 Å². The molecule has 1 aromatic heterocycles. The van der Waals surface area contributed by atoms with E-state index in [1.54, 1.807) is 11.1 Å². The van der Waals surface area contributed by atoms with Gasteiger partial charge in [0.15, 0.2) is 5.96 Å². The molecule has 0 aliphatic carbocycles. The van der Waals surface area contributed by atoms with E-state index in [4.69, 9.17) is 0 Å². The Bertz CT molecular complexity index is 636. The minimum Gasteiger partial charge on any atom is -0.357 e. The van der Waals surface area contributed by atoms with Crippen LogP contribution in [0.3, 0.4) is 0 Å². The third-order valence-electron chi connectivity index (χ3n) is 4.25. The molecule has 1 aliphatic heterocycles. The molecule has 2 rings (SSSR count). The molecule has 29 heavy (non-hydrogen) atoms. The van der Waals surface area contributed by atoms with Crippen LogP contribution >= 0.6 is 24.0 Å². The van der Waals surface area contributed by atoms with Gasteiger partial charge in [-0.3, -0.25) is 9.79 Å². The molecule has 1 aliphatic rings. The van der Waals surface area contributed by atoms with Crippen molar-refractivity contribution < 1.29 is 18.0 Å². The Morgan fingerprint density at radius 2 is 1.93 bits per heavy atom. The highest BCUT2D eigenvalue weighted by Gasteiger charge is 2.26. The topological polar surface area (TPSA) is 72.9 Å². The molecule has 1 aromatic rings. The zero-order chi connectivity index (χ0) is 20.4. The second kappa shape index (κ2) is 12.7. The average Bonchev–Trinajstić information content (AvgIpc) is 2.68. The van der Waals surface area contributed by atoms with Crippen LogP contribution in [0.15, 0.2) is 29.4 Å². The minimum atomic E-state index is -4.23. The summed E-state index contributed by atoms with van der Waals surface area (Å²) >= 11 is 0. The first-order valence-corrected chi connectivity index (χ1v) is 9.41. The lowest BCUT2D eigenvalue weighted by Crippen LogP contribution is -2.49. The fourth-order valence-corrected chi connectivity index (χ4v) is 2.81. The molecule has 0 spiro atoms. The number of hydrogen-bond acceptors (Lipinski definition) is 4. The predicted molar refractivity (Wildman–Crippen MR) is 118 cm³/mol. The van der Waals surface area contributed by atoms with Crippen LogP contribution in [-0.4, -0.2) is 73.7 Å². The van der Waals surface area contributed by atoms with Crippen molar-refractivity contribution in [2.75, 3.05) is 50.7 Å². The van der Waals surface area contributed by atoms with E-state index >= 15 is 0 Å². The maximum atomic E-state index is 12.4. The SMILES string of the molecule is CCNC(=NCCC(F)(F)F)NCCC(=O)N1CCN(c2ccccn2)CC1.I. The molecule has 0 radical (unpaired) electrons. The van der Waals surface area contributed by atoms with Gasteiger partial charge in [0.25, 0.3) is 0 Å². The zero-order valence-corrected chi connectivity index (χ0v) is 18.7. The maximum Gasteiger partial charge on any atom is 0.390 e. The number of alkyl halides is 3. The third kappa shape index (κ3) is 9.50. The Labute approximate surface area is 186 Å². The summed E-state index contributed by atoms with van der Waals surface area (Å²) in [4.78, 5) is 24.5. The number of piperazine rings is 1. The summed E-state index contributed by atoms with van der Waals surface area (Å²) < 4.78 is 36.7. The molecule has 2 N–H and O–H groups in total. The molecular formula is C18H28F3IN6O. The van der Waals surface area contributed by atoms with Gasteiger partial charge in [-0.1, -0.05) is 6.07 Å². The number of halogens is 4. The van der Waals surface area contributed by atoms with Crippen LogP contribution in [0.1, 0.15) is 19.8 Å². The van der Waals surface area contributed by atoms with Gasteiger partial charge in [0.1, 0.15) is 5.82 Å². The van der Waals surface area contributed by atoms with Crippen LogP contribution < -0.4 is 15.5 Å². The molecule has 0 aromatic carbocycles. The fourth-order valence-electron chi connectivity index (χ4n) is 2.81. The van der Waals surface area contributed by atoms with Gasteiger partial charge < -0.3 is 20.4 Å². The third-order valence-corrected chi connectivity index (χ3v) is 4.25. The molecular weight excluding hydrogens is 500 g/mol. The van der Waals surface area contributed by atoms with Crippen molar-refractivity contribution in [3.63, 3.8) is 0 Å². The largest absolute Gasteiger partial charge is 0.390 e. The second-order valence-corrected chi connectivity index (χ2v) is 6.36. The first kappa shape index (κ1) is 25.2. The molecule has 0 saturated carbocycles. The number of amides is 1. The maximum absolute atomic E-state index is 12.4. The number of hydrogen-bond donors (Lipinski definition) is 2. The number of anilines is 1. The quantitative estimate of drug-likeness (QED) is 0.323. The highest BCUT2D eigenvalue weighted by molar-refractivity contribution is 14.0. The molecule has 11 heteroatoms.